The van der Waals surface area contributed by atoms with E-state index in [9.17, 15) is 9.59 Å². The van der Waals surface area contributed by atoms with Crippen LogP contribution in [0.3, 0.4) is 0 Å². The van der Waals surface area contributed by atoms with Gasteiger partial charge in [-0.2, -0.15) is 5.10 Å². The first kappa shape index (κ1) is 25.3. The molecular formula is C27H29N5O3S. The molecule has 0 bridgehead atoms. The van der Waals surface area contributed by atoms with Crippen LogP contribution in [-0.2, 0) is 6.61 Å². The number of carbonyl (C=O) groups excluding carboxylic acids is 1. The summed E-state index contributed by atoms with van der Waals surface area (Å²) in [5.74, 6) is 0.712. The highest BCUT2D eigenvalue weighted by Crippen LogP contribution is 2.25. The van der Waals surface area contributed by atoms with E-state index in [0.717, 1.165) is 47.0 Å². The number of carbonyl (C=O) groups is 1. The van der Waals surface area contributed by atoms with Crippen LogP contribution >= 0.6 is 11.3 Å². The number of nitrogens with one attached hydrogen (secondary N) is 1. The molecule has 0 saturated carbocycles. The van der Waals surface area contributed by atoms with Gasteiger partial charge >= 0.3 is 4.87 Å². The lowest BCUT2D eigenvalue weighted by Crippen LogP contribution is -2.13. The number of nitrogens with zero attached hydrogens (tertiary/aromatic N) is 3. The highest BCUT2D eigenvalue weighted by Gasteiger charge is 2.23. The zero-order chi connectivity index (χ0) is 25.5. The van der Waals surface area contributed by atoms with Gasteiger partial charge in [-0.15, -0.1) is 0 Å². The van der Waals surface area contributed by atoms with Crippen molar-refractivity contribution in [1.82, 2.24) is 20.1 Å². The van der Waals surface area contributed by atoms with Crippen LogP contribution in [0.4, 0.5) is 0 Å². The van der Waals surface area contributed by atoms with Crippen LogP contribution in [0.1, 0.15) is 39.0 Å². The van der Waals surface area contributed by atoms with Crippen LogP contribution in [0.25, 0.3) is 11.3 Å². The standard InChI is InChI=1S/C20H18N2O2.C7H11N3OS/c1-14-17(9-12-19(22-14)15-5-3-2-4-6-15)13-24-18-10-7-16(8-11-18)20(21)23;1-10-3-2-5(4-10)6-8-9-7(11)12-6/h2-12H,13H2,1H3,(H2,21,23);5H,2-4H2,1H3,(H,9,11)/t;5-/m.1/s1. The summed E-state index contributed by atoms with van der Waals surface area (Å²) in [4.78, 5) is 28.7. The predicted molar refractivity (Wildman–Crippen MR) is 141 cm³/mol. The first-order chi connectivity index (χ1) is 17.4. The number of nitrogens with two attached hydrogens (primary N) is 1. The van der Waals surface area contributed by atoms with Crippen molar-refractivity contribution in [3.63, 3.8) is 0 Å². The Morgan fingerprint density at radius 1 is 1.14 bits per heavy atom. The fourth-order valence-electron chi connectivity index (χ4n) is 3.94. The van der Waals surface area contributed by atoms with Gasteiger partial charge in [0.2, 0.25) is 5.91 Å². The molecule has 3 heterocycles. The average Bonchev–Trinajstić information content (AvgIpc) is 3.52. The largest absolute Gasteiger partial charge is 0.489 e. The maximum atomic E-state index is 11.1. The van der Waals surface area contributed by atoms with Crippen LogP contribution in [-0.4, -0.2) is 46.1 Å². The van der Waals surface area contributed by atoms with Crippen LogP contribution < -0.4 is 15.3 Å². The first-order valence-electron chi connectivity index (χ1n) is 11.7. The van der Waals surface area contributed by atoms with Crippen molar-refractivity contribution >= 4 is 17.2 Å². The zero-order valence-corrected chi connectivity index (χ0v) is 21.1. The number of H-pyrrole nitrogens is 1. The summed E-state index contributed by atoms with van der Waals surface area (Å²) in [6.07, 6.45) is 1.12. The molecule has 0 aliphatic carbocycles. The fraction of sp³-hybridized carbons (Fsp3) is 0.259. The quantitative estimate of drug-likeness (QED) is 0.411. The Balaban J connectivity index is 0.000000211. The molecule has 1 aliphatic heterocycles. The number of aromatic nitrogens is 3. The number of benzene rings is 2. The third kappa shape index (κ3) is 6.65. The molecule has 5 rings (SSSR count). The average molecular weight is 504 g/mol. The topological polar surface area (TPSA) is 114 Å². The SMILES string of the molecule is CN1CC[C@@H](c2n[nH]c(=O)s2)C1.Cc1nc(-c2ccccc2)ccc1COc1ccc(C(N)=O)cc1. The number of primary amides is 1. The Kier molecular flexibility index (Phi) is 8.24. The van der Waals surface area contributed by atoms with Crippen LogP contribution in [0, 0.1) is 6.92 Å². The second-order valence-corrected chi connectivity index (χ2v) is 9.68. The van der Waals surface area contributed by atoms with Gasteiger partial charge in [-0.05, 0) is 57.3 Å². The van der Waals surface area contributed by atoms with Gasteiger partial charge < -0.3 is 15.4 Å². The van der Waals surface area contributed by atoms with Crippen molar-refractivity contribution in [3.8, 4) is 17.0 Å². The summed E-state index contributed by atoms with van der Waals surface area (Å²) in [6, 6.07) is 20.9. The van der Waals surface area contributed by atoms with Crippen molar-refractivity contribution in [2.45, 2.75) is 25.9 Å². The summed E-state index contributed by atoms with van der Waals surface area (Å²) in [5.41, 5.74) is 9.68. The van der Waals surface area contributed by atoms with Gasteiger partial charge in [0.05, 0.1) is 5.69 Å². The number of pyridine rings is 1. The number of hydrogen-bond acceptors (Lipinski definition) is 7. The number of amides is 1. The molecule has 2 aromatic carbocycles. The van der Waals surface area contributed by atoms with Gasteiger partial charge in [0.15, 0.2) is 0 Å². The number of rotatable bonds is 6. The summed E-state index contributed by atoms with van der Waals surface area (Å²) < 4.78 is 5.76. The van der Waals surface area contributed by atoms with Crippen molar-refractivity contribution < 1.29 is 9.53 Å². The number of ether oxygens (including phenoxy) is 1. The molecule has 8 nitrogen and oxygen atoms in total. The summed E-state index contributed by atoms with van der Waals surface area (Å²) in [6.45, 7) is 4.53. The second-order valence-electron chi connectivity index (χ2n) is 8.68. The van der Waals surface area contributed by atoms with E-state index in [-0.39, 0.29) is 4.87 Å². The number of aryl methyl sites for hydroxylation is 1. The Labute approximate surface area is 213 Å². The summed E-state index contributed by atoms with van der Waals surface area (Å²) in [5, 5.41) is 7.40. The second kappa shape index (κ2) is 11.7. The normalized spacial score (nSPS) is 15.2. The first-order valence-corrected chi connectivity index (χ1v) is 12.5. The van der Waals surface area contributed by atoms with Gasteiger partial charge in [0.25, 0.3) is 0 Å². The van der Waals surface area contributed by atoms with E-state index in [1.165, 1.54) is 11.3 Å². The monoisotopic (exact) mass is 503 g/mol. The number of aromatic amines is 1. The Hall–Kier alpha value is -3.82. The van der Waals surface area contributed by atoms with Gasteiger partial charge in [0, 0.05) is 34.8 Å². The Morgan fingerprint density at radius 3 is 2.47 bits per heavy atom. The van der Waals surface area contributed by atoms with Crippen molar-refractivity contribution in [2.24, 2.45) is 5.73 Å². The number of likely N-dealkylation sites (tertiary alicyclic amines) is 1. The molecule has 36 heavy (non-hydrogen) atoms. The lowest BCUT2D eigenvalue weighted by molar-refractivity contribution is 0.1000. The van der Waals surface area contributed by atoms with Crippen LogP contribution in [0.15, 0.2) is 71.5 Å². The Morgan fingerprint density at radius 2 is 1.89 bits per heavy atom. The summed E-state index contributed by atoms with van der Waals surface area (Å²) in [7, 11) is 2.09. The predicted octanol–water partition coefficient (Wildman–Crippen LogP) is 3.99. The zero-order valence-electron chi connectivity index (χ0n) is 20.3. The number of hydrogen-bond donors (Lipinski definition) is 2. The molecule has 0 spiro atoms. The van der Waals surface area contributed by atoms with Crippen LogP contribution in [0.5, 0.6) is 5.75 Å². The summed E-state index contributed by atoms with van der Waals surface area (Å²) >= 11 is 1.24. The van der Waals surface area contributed by atoms with E-state index < -0.39 is 5.91 Å². The Bertz CT molecular complexity index is 1350. The molecule has 4 aromatic rings. The molecule has 9 heteroatoms. The van der Waals surface area contributed by atoms with E-state index in [0.29, 0.717) is 23.8 Å². The van der Waals surface area contributed by atoms with E-state index >= 15 is 0 Å². The van der Waals surface area contributed by atoms with Crippen LogP contribution in [0.2, 0.25) is 0 Å². The molecule has 1 saturated heterocycles. The lowest BCUT2D eigenvalue weighted by atomic mass is 10.1. The maximum Gasteiger partial charge on any atom is 0.322 e. The minimum atomic E-state index is -0.446. The van der Waals surface area contributed by atoms with Crippen molar-refractivity contribution in [1.29, 1.82) is 0 Å². The van der Waals surface area contributed by atoms with Crippen molar-refractivity contribution in [3.05, 3.63) is 98.2 Å². The lowest BCUT2D eigenvalue weighted by Gasteiger charge is -2.10. The third-order valence-electron chi connectivity index (χ3n) is 5.99. The van der Waals surface area contributed by atoms with Gasteiger partial charge in [-0.1, -0.05) is 47.7 Å². The molecular weight excluding hydrogens is 474 g/mol. The molecule has 2 aromatic heterocycles. The molecule has 3 N–H and O–H groups in total. The number of likely N-dealkylation sites (N-methyl/N-ethyl adjacent to an activating group) is 1. The third-order valence-corrected chi connectivity index (χ3v) is 6.90. The molecule has 0 radical (unpaired) electrons. The highest BCUT2D eigenvalue weighted by atomic mass is 32.1. The minimum Gasteiger partial charge on any atom is -0.489 e. The molecule has 1 atom stereocenters. The van der Waals surface area contributed by atoms with E-state index in [4.69, 9.17) is 10.5 Å². The molecule has 1 aliphatic rings. The minimum absolute atomic E-state index is 0.0421. The van der Waals surface area contributed by atoms with Gasteiger partial charge in [-0.25, -0.2) is 5.10 Å². The van der Waals surface area contributed by atoms with E-state index in [1.807, 2.05) is 49.4 Å². The smallest absolute Gasteiger partial charge is 0.322 e. The van der Waals surface area contributed by atoms with E-state index in [1.54, 1.807) is 24.3 Å². The molecule has 186 valence electrons. The fourth-order valence-corrected chi connectivity index (χ4v) is 4.67. The highest BCUT2D eigenvalue weighted by molar-refractivity contribution is 7.08. The van der Waals surface area contributed by atoms with Gasteiger partial charge in [-0.3, -0.25) is 14.6 Å². The maximum absolute atomic E-state index is 11.1. The molecule has 0 unspecified atom stereocenters. The molecule has 1 amide bonds. The van der Waals surface area contributed by atoms with Gasteiger partial charge in [0.1, 0.15) is 17.4 Å². The van der Waals surface area contributed by atoms with E-state index in [2.05, 4.69) is 27.1 Å². The molecule has 1 fully saturated rings. The van der Waals surface area contributed by atoms with Crippen molar-refractivity contribution in [2.75, 3.05) is 20.1 Å².